The summed E-state index contributed by atoms with van der Waals surface area (Å²) >= 11 is 0. The molecule has 1 heterocycles. The number of hydrogen-bond donors (Lipinski definition) is 0. The highest BCUT2D eigenvalue weighted by Crippen LogP contribution is 2.39. The van der Waals surface area contributed by atoms with Gasteiger partial charge >= 0.3 is 0 Å². The third kappa shape index (κ3) is 12.5. The number of benzene rings is 5. The van der Waals surface area contributed by atoms with Crippen molar-refractivity contribution in [3.63, 3.8) is 0 Å². The molecule has 71 heavy (non-hydrogen) atoms. The van der Waals surface area contributed by atoms with E-state index in [1.807, 2.05) is 6.07 Å². The van der Waals surface area contributed by atoms with E-state index in [0.29, 0.717) is 5.92 Å². The first-order valence-electron chi connectivity index (χ1n) is 26.3. The Hall–Kier alpha value is -6.88. The Bertz CT molecular complexity index is 3170. The summed E-state index contributed by atoms with van der Waals surface area (Å²) in [7, 11) is 0. The summed E-state index contributed by atoms with van der Waals surface area (Å²) in [5, 5.41) is 2.49. The minimum atomic E-state index is -0.0844. The van der Waals surface area contributed by atoms with E-state index in [2.05, 4.69) is 239 Å². The van der Waals surface area contributed by atoms with Gasteiger partial charge in [0.2, 0.25) is 0 Å². The van der Waals surface area contributed by atoms with Crippen molar-refractivity contribution < 1.29 is 4.42 Å². The lowest BCUT2D eigenvalue weighted by Gasteiger charge is -2.27. The molecule has 0 radical (unpaired) electrons. The van der Waals surface area contributed by atoms with Crippen LogP contribution >= 0.6 is 0 Å². The summed E-state index contributed by atoms with van der Waals surface area (Å²) in [6, 6.07) is 50.0. The molecule has 1 atom stereocenters. The van der Waals surface area contributed by atoms with Crippen LogP contribution in [0.5, 0.6) is 0 Å². The zero-order valence-corrected chi connectivity index (χ0v) is 44.3. The van der Waals surface area contributed by atoms with Crippen LogP contribution in [0.1, 0.15) is 120 Å². The molecule has 1 aromatic heterocycles. The Morgan fingerprint density at radius 2 is 1.38 bits per heavy atom. The van der Waals surface area contributed by atoms with Crippen molar-refractivity contribution in [3.8, 4) is 33.4 Å². The SMILES string of the molecule is C=C1C=C(C2/C=C\C(=C)C(C)(C)c3ccc#cc3CC2)C(CCC)=CC1.CCC.CCc1ccccc1-c1cc(-c2ccc(C)cc2)ccc1C.Cc1ccc(-c2cccc3c4c(oc23)=CCCC=4)cc1. The Labute approximate surface area is 427 Å². The average Bonchev–Trinajstić information content (AvgIpc) is 3.79. The summed E-state index contributed by atoms with van der Waals surface area (Å²) in [5.41, 5.74) is 22.9. The van der Waals surface area contributed by atoms with Gasteiger partial charge in [0.1, 0.15) is 11.0 Å². The molecule has 362 valence electrons. The zero-order chi connectivity index (χ0) is 50.5. The molecule has 0 spiro atoms. The third-order valence-electron chi connectivity index (χ3n) is 14.2. The Balaban J connectivity index is 0.000000153. The predicted octanol–water partition coefficient (Wildman–Crippen LogP) is 18.2. The van der Waals surface area contributed by atoms with E-state index in [0.717, 1.165) is 61.5 Å². The van der Waals surface area contributed by atoms with Gasteiger partial charge < -0.3 is 4.42 Å². The highest BCUT2D eigenvalue weighted by atomic mass is 16.3. The lowest BCUT2D eigenvalue weighted by atomic mass is 9.76. The van der Waals surface area contributed by atoms with E-state index < -0.39 is 0 Å². The van der Waals surface area contributed by atoms with Gasteiger partial charge in [-0.1, -0.05) is 230 Å². The van der Waals surface area contributed by atoms with Crippen LogP contribution in [0.2, 0.25) is 0 Å². The zero-order valence-electron chi connectivity index (χ0n) is 44.3. The summed E-state index contributed by atoms with van der Waals surface area (Å²) < 4.78 is 6.12. The number of rotatable bonds is 7. The molecule has 0 N–H and O–H groups in total. The largest absolute Gasteiger partial charge is 0.456 e. The van der Waals surface area contributed by atoms with Gasteiger partial charge in [-0.3, -0.25) is 0 Å². The highest BCUT2D eigenvalue weighted by molar-refractivity contribution is 5.93. The lowest BCUT2D eigenvalue weighted by molar-refractivity contribution is 0.572. The minimum Gasteiger partial charge on any atom is -0.456 e. The molecule has 0 saturated carbocycles. The van der Waals surface area contributed by atoms with Crippen molar-refractivity contribution in [2.75, 3.05) is 0 Å². The minimum absolute atomic E-state index is 0.0844. The first-order chi connectivity index (χ1) is 34.4. The second kappa shape index (κ2) is 24.3. The van der Waals surface area contributed by atoms with Crippen LogP contribution in [0, 0.1) is 38.8 Å². The summed E-state index contributed by atoms with van der Waals surface area (Å²) in [6.45, 7) is 28.3. The molecule has 1 nitrogen and oxygen atoms in total. The monoisotopic (exact) mass is 933 g/mol. The van der Waals surface area contributed by atoms with Crippen LogP contribution in [0.4, 0.5) is 0 Å². The van der Waals surface area contributed by atoms with Crippen LogP contribution in [-0.4, -0.2) is 0 Å². The molecule has 6 aromatic carbocycles. The second-order valence-electron chi connectivity index (χ2n) is 20.1. The molecule has 0 bridgehead atoms. The molecular formula is C70H76O. The van der Waals surface area contributed by atoms with Crippen LogP contribution in [0.3, 0.4) is 0 Å². The van der Waals surface area contributed by atoms with Gasteiger partial charge in [0.05, 0.1) is 0 Å². The van der Waals surface area contributed by atoms with Gasteiger partial charge in [-0.05, 0) is 151 Å². The molecule has 1 unspecified atom stereocenters. The van der Waals surface area contributed by atoms with Crippen molar-refractivity contribution in [1.82, 2.24) is 0 Å². The van der Waals surface area contributed by atoms with Crippen molar-refractivity contribution in [2.24, 2.45) is 5.92 Å². The topological polar surface area (TPSA) is 13.1 Å². The van der Waals surface area contributed by atoms with Crippen LogP contribution < -0.4 is 10.6 Å². The fourth-order valence-corrected chi connectivity index (χ4v) is 9.93. The smallest absolute Gasteiger partial charge is 0.143 e. The van der Waals surface area contributed by atoms with E-state index in [1.54, 1.807) is 0 Å². The summed E-state index contributed by atoms with van der Waals surface area (Å²) in [4.78, 5) is 0. The average molecular weight is 933 g/mol. The molecular weight excluding hydrogens is 857 g/mol. The molecule has 0 amide bonds. The summed E-state index contributed by atoms with van der Waals surface area (Å²) in [5.74, 6) is 0.400. The number of aryl methyl sites for hydroxylation is 4. The van der Waals surface area contributed by atoms with Crippen molar-refractivity contribution in [3.05, 3.63) is 237 Å². The fourth-order valence-electron chi connectivity index (χ4n) is 9.93. The van der Waals surface area contributed by atoms with E-state index >= 15 is 0 Å². The molecule has 1 heteroatoms. The molecule has 3 aliphatic carbocycles. The molecule has 0 saturated heterocycles. The number of fused-ring (bicyclic) bond motifs is 4. The highest BCUT2D eigenvalue weighted by Gasteiger charge is 2.28. The van der Waals surface area contributed by atoms with Crippen LogP contribution in [0.25, 0.3) is 56.5 Å². The van der Waals surface area contributed by atoms with E-state index in [9.17, 15) is 0 Å². The van der Waals surface area contributed by atoms with Gasteiger partial charge in [0, 0.05) is 33.1 Å². The Morgan fingerprint density at radius 1 is 0.704 bits per heavy atom. The number of hydrogen-bond acceptors (Lipinski definition) is 1. The third-order valence-corrected chi connectivity index (χ3v) is 14.2. The second-order valence-corrected chi connectivity index (χ2v) is 20.1. The lowest BCUT2D eigenvalue weighted by Crippen LogP contribution is -2.21. The van der Waals surface area contributed by atoms with Crippen LogP contribution in [-0.2, 0) is 18.3 Å². The van der Waals surface area contributed by atoms with Gasteiger partial charge in [-0.2, -0.15) is 0 Å². The maximum atomic E-state index is 6.12. The van der Waals surface area contributed by atoms with E-state index in [4.69, 9.17) is 4.42 Å². The van der Waals surface area contributed by atoms with Crippen molar-refractivity contribution >= 4 is 23.1 Å². The van der Waals surface area contributed by atoms with E-state index in [-0.39, 0.29) is 5.41 Å². The first-order valence-corrected chi connectivity index (χ1v) is 26.3. The normalized spacial score (nSPS) is 16.0. The number of allylic oxidation sites excluding steroid dienone is 8. The molecule has 7 aromatic rings. The van der Waals surface area contributed by atoms with Gasteiger partial charge in [-0.15, -0.1) is 0 Å². The maximum Gasteiger partial charge on any atom is 0.143 e. The van der Waals surface area contributed by atoms with Gasteiger partial charge in [-0.25, -0.2) is 0 Å². The maximum absolute atomic E-state index is 6.12. The van der Waals surface area contributed by atoms with E-state index in [1.165, 1.54) is 107 Å². The standard InChI is InChI=1S/C26H30.C22H22.C19H16O.C3H8/c1-6-9-21-14-12-19(2)18-24(21)22-15-13-20(3)26(4,5)25-11-8-7-10-23(25)17-16-22;1-4-18-7-5-6-8-21(18)22-15-20(14-11-17(22)3)19-12-9-16(2)10-13-19;1-13-9-11-14(12-10-13)15-6-4-7-17-16-5-2-3-8-18(16)20-19(15)17;1-3-2/h8,11,13-15,18,22H,2-3,6,9,12,16-17H2,1,4-5H3;5-15H,4H2,1-3H3;4-12H,2-3H2,1H3;3H2,1-2H3/b15-13-;;;. The molecule has 0 fully saturated rings. The molecule has 10 rings (SSSR count). The predicted molar refractivity (Wildman–Crippen MR) is 308 cm³/mol. The fraction of sp³-hybridized carbons (Fsp3) is 0.286. The first kappa shape index (κ1) is 52.0. The van der Waals surface area contributed by atoms with Crippen LogP contribution in [0.15, 0.2) is 185 Å². The Kier molecular flexibility index (Phi) is 17.8. The van der Waals surface area contributed by atoms with Gasteiger partial charge in [0.25, 0.3) is 0 Å². The number of para-hydroxylation sites is 1. The van der Waals surface area contributed by atoms with Gasteiger partial charge in [0.15, 0.2) is 0 Å². The molecule has 0 aliphatic heterocycles. The quantitative estimate of drug-likeness (QED) is 0.155. The number of furan rings is 1. The molecule has 3 aliphatic rings. The van der Waals surface area contributed by atoms with Crippen molar-refractivity contribution in [2.45, 2.75) is 126 Å². The Morgan fingerprint density at radius 3 is 2.10 bits per heavy atom. The van der Waals surface area contributed by atoms with Crippen molar-refractivity contribution in [1.29, 1.82) is 0 Å². The summed E-state index contributed by atoms with van der Waals surface area (Å²) in [6.07, 6.45) is 23.7.